The number of Topliss-reactive ketones (excluding diaryl/α,β-unsaturated/α-hetero) is 1. The summed E-state index contributed by atoms with van der Waals surface area (Å²) < 4.78 is 2.18. The average molecular weight is 492 g/mol. The second kappa shape index (κ2) is 10.2. The number of pyridine rings is 1. The molecule has 3 aromatic rings. The maximum Gasteiger partial charge on any atom is 0.194 e. The molecule has 0 bridgehead atoms. The van der Waals surface area contributed by atoms with Crippen LogP contribution in [0.1, 0.15) is 61.8 Å². The van der Waals surface area contributed by atoms with Crippen molar-refractivity contribution in [2.24, 2.45) is 5.92 Å². The van der Waals surface area contributed by atoms with Crippen molar-refractivity contribution in [2.75, 3.05) is 13.6 Å². The third-order valence-corrected chi connectivity index (χ3v) is 7.19. The standard InChI is InChI=1S/C33H33N2O2.H2/c1-5-12-26(23-13-8-6-9-14-23)31(24-15-10-7-11-16-24)32-28-19-30(36)27(33(37)25-17-18-25)20-35(28)29(22(2)3)21-34(32)4;/h6-20,22,29H,5,21H2,1-4H3;1H/b26-12+,32-31-;/t29-;/m0./s1. The Morgan fingerprint density at radius 3 is 2.24 bits per heavy atom. The minimum Gasteiger partial charge on any atom is -0.370 e. The van der Waals surface area contributed by atoms with Crippen molar-refractivity contribution in [3.05, 3.63) is 130 Å². The number of ketones is 1. The van der Waals surface area contributed by atoms with E-state index in [0.717, 1.165) is 46.6 Å². The van der Waals surface area contributed by atoms with Crippen LogP contribution in [0, 0.1) is 12.3 Å². The molecule has 0 fully saturated rings. The topological polar surface area (TPSA) is 42.3 Å². The van der Waals surface area contributed by atoms with Gasteiger partial charge in [0.2, 0.25) is 0 Å². The zero-order chi connectivity index (χ0) is 26.1. The van der Waals surface area contributed by atoms with Gasteiger partial charge in [-0.1, -0.05) is 93.6 Å². The normalized spacial score (nSPS) is 18.4. The summed E-state index contributed by atoms with van der Waals surface area (Å²) in [5.41, 5.74) is 6.91. The van der Waals surface area contributed by atoms with E-state index in [1.807, 2.05) is 12.1 Å². The zero-order valence-corrected chi connectivity index (χ0v) is 21.9. The fraction of sp³-hybridized carbons (Fsp3) is 0.242. The van der Waals surface area contributed by atoms with Gasteiger partial charge in [0.05, 0.1) is 23.0 Å². The number of fused-ring (bicyclic) bond motifs is 1. The van der Waals surface area contributed by atoms with Crippen LogP contribution >= 0.6 is 0 Å². The van der Waals surface area contributed by atoms with E-state index in [1.165, 1.54) is 0 Å². The van der Waals surface area contributed by atoms with E-state index in [2.05, 4.69) is 91.9 Å². The van der Waals surface area contributed by atoms with Gasteiger partial charge in [0.15, 0.2) is 11.2 Å². The molecule has 1 atom stereocenters. The second-order valence-corrected chi connectivity index (χ2v) is 10.1. The molecule has 1 aliphatic heterocycles. The lowest BCUT2D eigenvalue weighted by atomic mass is 9.87. The van der Waals surface area contributed by atoms with E-state index >= 15 is 0 Å². The number of allylic oxidation sites excluding steroid dienone is 5. The summed E-state index contributed by atoms with van der Waals surface area (Å²) in [5.74, 6) is 0.131. The molecule has 0 unspecified atom stereocenters. The fourth-order valence-corrected chi connectivity index (χ4v) is 5.25. The molecule has 1 aliphatic carbocycles. The molecule has 1 radical (unpaired) electrons. The molecule has 1 aromatic heterocycles. The smallest absolute Gasteiger partial charge is 0.194 e. The molecule has 0 amide bonds. The van der Waals surface area contributed by atoms with Gasteiger partial charge in [-0.15, -0.1) is 0 Å². The molecule has 2 aromatic carbocycles. The van der Waals surface area contributed by atoms with Gasteiger partial charge in [0.25, 0.3) is 0 Å². The molecule has 37 heavy (non-hydrogen) atoms. The first-order valence-electron chi connectivity index (χ1n) is 13.0. The SMILES string of the molecule is CC/C=C(/C(=C1/c2cc(=O)c(C(=O)C3=C[CH]3)cn2[C@H](C(C)C)CN1C)c1ccccc1)c1ccccc1.[HH]. The Morgan fingerprint density at radius 1 is 1.05 bits per heavy atom. The minimum atomic E-state index is -0.235. The second-order valence-electron chi connectivity index (χ2n) is 10.1. The molecule has 0 N–H and O–H groups in total. The lowest BCUT2D eigenvalue weighted by Gasteiger charge is -2.41. The van der Waals surface area contributed by atoms with Gasteiger partial charge in [0, 0.05) is 44.8 Å². The molecule has 0 spiro atoms. The molecule has 2 heterocycles. The Morgan fingerprint density at radius 2 is 1.68 bits per heavy atom. The number of rotatable bonds is 7. The summed E-state index contributed by atoms with van der Waals surface area (Å²) in [6.07, 6.45) is 8.47. The van der Waals surface area contributed by atoms with E-state index in [0.29, 0.717) is 11.5 Å². The van der Waals surface area contributed by atoms with Crippen molar-refractivity contribution >= 4 is 22.6 Å². The highest BCUT2D eigenvalue weighted by Crippen LogP contribution is 2.42. The van der Waals surface area contributed by atoms with E-state index in [9.17, 15) is 9.59 Å². The number of benzene rings is 2. The van der Waals surface area contributed by atoms with Crippen molar-refractivity contribution in [3.8, 4) is 0 Å². The van der Waals surface area contributed by atoms with Crippen molar-refractivity contribution < 1.29 is 6.22 Å². The van der Waals surface area contributed by atoms with Crippen LogP contribution in [-0.2, 0) is 0 Å². The van der Waals surface area contributed by atoms with E-state index in [1.54, 1.807) is 24.8 Å². The number of likely N-dealkylation sites (N-methyl/N-ethyl adjacent to an activating group) is 1. The van der Waals surface area contributed by atoms with E-state index in [-0.39, 0.29) is 24.2 Å². The van der Waals surface area contributed by atoms with Gasteiger partial charge in [-0.05, 0) is 29.0 Å². The van der Waals surface area contributed by atoms with E-state index in [4.69, 9.17) is 0 Å². The van der Waals surface area contributed by atoms with Gasteiger partial charge in [-0.25, -0.2) is 0 Å². The Labute approximate surface area is 220 Å². The number of nitrogens with zero attached hydrogens (tertiary/aromatic N) is 2. The number of hydrogen-bond acceptors (Lipinski definition) is 3. The first-order valence-corrected chi connectivity index (χ1v) is 13.0. The van der Waals surface area contributed by atoms with Crippen molar-refractivity contribution in [1.82, 2.24) is 9.47 Å². The van der Waals surface area contributed by atoms with Gasteiger partial charge in [-0.3, -0.25) is 9.59 Å². The Kier molecular flexibility index (Phi) is 6.84. The summed E-state index contributed by atoms with van der Waals surface area (Å²) in [4.78, 5) is 28.6. The van der Waals surface area contributed by atoms with Crippen LogP contribution in [-0.4, -0.2) is 28.8 Å². The number of carbonyl (C=O) groups is 1. The molecule has 5 rings (SSSR count). The fourth-order valence-electron chi connectivity index (χ4n) is 5.25. The van der Waals surface area contributed by atoms with Crippen LogP contribution in [0.15, 0.2) is 95.4 Å². The summed E-state index contributed by atoms with van der Waals surface area (Å²) in [6, 6.07) is 22.6. The molecular formula is C33H35N2O2. The van der Waals surface area contributed by atoms with Crippen LogP contribution < -0.4 is 5.43 Å². The first-order chi connectivity index (χ1) is 17.9. The third-order valence-electron chi connectivity index (χ3n) is 7.19. The number of aromatic nitrogens is 1. The van der Waals surface area contributed by atoms with Crippen LogP contribution in [0.25, 0.3) is 16.8 Å². The van der Waals surface area contributed by atoms with Gasteiger partial charge in [-0.2, -0.15) is 0 Å². The van der Waals surface area contributed by atoms with Crippen LogP contribution in [0.4, 0.5) is 0 Å². The Hall–Kier alpha value is -3.92. The molecular weight excluding hydrogens is 456 g/mol. The van der Waals surface area contributed by atoms with Crippen molar-refractivity contribution in [2.45, 2.75) is 33.2 Å². The number of carbonyl (C=O) groups excluding carboxylic acids is 1. The summed E-state index contributed by atoms with van der Waals surface area (Å²) in [5, 5.41) is 0. The summed E-state index contributed by atoms with van der Waals surface area (Å²) in [6.45, 7) is 7.31. The minimum absolute atomic E-state index is 0. The predicted molar refractivity (Wildman–Crippen MR) is 154 cm³/mol. The molecule has 4 heteroatoms. The maximum absolute atomic E-state index is 13.4. The highest BCUT2D eigenvalue weighted by Gasteiger charge is 2.33. The summed E-state index contributed by atoms with van der Waals surface area (Å²) >= 11 is 0. The molecule has 189 valence electrons. The van der Waals surface area contributed by atoms with Crippen molar-refractivity contribution in [3.63, 3.8) is 0 Å². The quantitative estimate of drug-likeness (QED) is 0.337. The first kappa shape index (κ1) is 24.8. The largest absolute Gasteiger partial charge is 0.370 e. The van der Waals surface area contributed by atoms with E-state index < -0.39 is 0 Å². The van der Waals surface area contributed by atoms with Crippen LogP contribution in [0.5, 0.6) is 0 Å². The lowest BCUT2D eigenvalue weighted by molar-refractivity contribution is 0.103. The molecule has 0 saturated heterocycles. The van der Waals surface area contributed by atoms with Gasteiger partial charge >= 0.3 is 0 Å². The van der Waals surface area contributed by atoms with Crippen LogP contribution in [0.3, 0.4) is 0 Å². The predicted octanol–water partition coefficient (Wildman–Crippen LogP) is 6.93. The Bertz CT molecular complexity index is 1480. The number of hydrogen-bond donors (Lipinski definition) is 0. The third kappa shape index (κ3) is 4.76. The zero-order valence-electron chi connectivity index (χ0n) is 21.9. The van der Waals surface area contributed by atoms with Crippen LogP contribution in [0.2, 0.25) is 0 Å². The summed E-state index contributed by atoms with van der Waals surface area (Å²) in [7, 11) is 2.11. The highest BCUT2D eigenvalue weighted by atomic mass is 16.1. The Balaban J connectivity index is 0.00000336. The van der Waals surface area contributed by atoms with Gasteiger partial charge in [0.1, 0.15) is 0 Å². The molecule has 0 saturated carbocycles. The van der Waals surface area contributed by atoms with Crippen molar-refractivity contribution in [1.29, 1.82) is 0 Å². The van der Waals surface area contributed by atoms with Gasteiger partial charge < -0.3 is 9.47 Å². The molecule has 2 aliphatic rings. The monoisotopic (exact) mass is 491 g/mol. The highest BCUT2D eigenvalue weighted by molar-refractivity contribution is 6.15. The lowest BCUT2D eigenvalue weighted by Crippen LogP contribution is -2.39. The average Bonchev–Trinajstić information content (AvgIpc) is 3.75. The molecule has 4 nitrogen and oxygen atoms in total. The maximum atomic E-state index is 13.4.